The van der Waals surface area contributed by atoms with Crippen LogP contribution in [0.2, 0.25) is 0 Å². The highest BCUT2D eigenvalue weighted by Crippen LogP contribution is 2.35. The van der Waals surface area contributed by atoms with Crippen LogP contribution in [-0.2, 0) is 13.0 Å². The fourth-order valence-corrected chi connectivity index (χ4v) is 3.97. The molecule has 1 N–H and O–H groups in total. The van der Waals surface area contributed by atoms with Crippen molar-refractivity contribution in [2.24, 2.45) is 5.41 Å². The Bertz CT molecular complexity index is 877. The molecule has 0 amide bonds. The van der Waals surface area contributed by atoms with E-state index in [1.807, 2.05) is 18.2 Å². The first-order valence-electron chi connectivity index (χ1n) is 10.2. The van der Waals surface area contributed by atoms with E-state index in [1.165, 1.54) is 11.1 Å². The molecule has 0 unspecified atom stereocenters. The molecule has 1 fully saturated rings. The predicted octanol–water partition coefficient (Wildman–Crippen LogP) is 4.09. The Morgan fingerprint density at radius 1 is 0.862 bits per heavy atom. The molecule has 1 aliphatic rings. The molecular weight excluding hydrogens is 362 g/mol. The van der Waals surface area contributed by atoms with Crippen molar-refractivity contribution in [3.05, 3.63) is 84.2 Å². The van der Waals surface area contributed by atoms with Crippen molar-refractivity contribution in [3.8, 4) is 11.8 Å². The summed E-state index contributed by atoms with van der Waals surface area (Å²) in [4.78, 5) is 10.6. The molecule has 2 aromatic carbocycles. The number of aromatic nitrogens is 2. The average molecular weight is 389 g/mol. The monoisotopic (exact) mass is 389 g/mol. The summed E-state index contributed by atoms with van der Waals surface area (Å²) >= 11 is 0. The zero-order valence-electron chi connectivity index (χ0n) is 16.6. The normalized spacial score (nSPS) is 16.4. The van der Waals surface area contributed by atoms with Crippen molar-refractivity contribution in [2.75, 3.05) is 19.7 Å². The number of hydrogen-bond acceptors (Lipinski definition) is 5. The van der Waals surface area contributed by atoms with Crippen molar-refractivity contribution >= 4 is 0 Å². The zero-order valence-corrected chi connectivity index (χ0v) is 16.6. The third-order valence-electron chi connectivity index (χ3n) is 5.75. The van der Waals surface area contributed by atoms with Crippen LogP contribution >= 0.6 is 0 Å². The topological polar surface area (TPSA) is 58.5 Å². The molecule has 1 saturated heterocycles. The standard InChI is InChI=1S/C24H27N3O2/c28-19-24(17-20-5-2-1-3-6-20)11-15-27(16-12-24)18-21-7-9-22(10-8-21)29-23-25-13-4-14-26-23/h1-10,13-14,28H,11-12,15-19H2. The Morgan fingerprint density at radius 2 is 1.55 bits per heavy atom. The van der Waals surface area contributed by atoms with Crippen LogP contribution in [0.1, 0.15) is 24.0 Å². The Balaban J connectivity index is 1.31. The molecule has 1 aliphatic heterocycles. The Hall–Kier alpha value is -2.76. The van der Waals surface area contributed by atoms with Gasteiger partial charge >= 0.3 is 6.01 Å². The van der Waals surface area contributed by atoms with Gasteiger partial charge in [0.25, 0.3) is 0 Å². The van der Waals surface area contributed by atoms with Gasteiger partial charge in [-0.25, -0.2) is 9.97 Å². The summed E-state index contributed by atoms with van der Waals surface area (Å²) < 4.78 is 5.66. The van der Waals surface area contributed by atoms with E-state index in [4.69, 9.17) is 4.74 Å². The van der Waals surface area contributed by atoms with E-state index in [9.17, 15) is 5.11 Å². The number of rotatable bonds is 7. The first-order chi connectivity index (χ1) is 14.2. The summed E-state index contributed by atoms with van der Waals surface area (Å²) in [5, 5.41) is 10.1. The molecule has 150 valence electrons. The second-order valence-corrected chi connectivity index (χ2v) is 7.87. The minimum absolute atomic E-state index is 0.00519. The fourth-order valence-electron chi connectivity index (χ4n) is 3.97. The third kappa shape index (κ3) is 5.19. The Labute approximate surface area is 172 Å². The maximum Gasteiger partial charge on any atom is 0.321 e. The maximum atomic E-state index is 10.1. The summed E-state index contributed by atoms with van der Waals surface area (Å²) in [6.07, 6.45) is 6.32. The van der Waals surface area contributed by atoms with Gasteiger partial charge in [-0.05, 0) is 67.1 Å². The van der Waals surface area contributed by atoms with E-state index >= 15 is 0 Å². The van der Waals surface area contributed by atoms with Gasteiger partial charge in [-0.2, -0.15) is 0 Å². The molecule has 1 aromatic heterocycles. The molecular formula is C24H27N3O2. The van der Waals surface area contributed by atoms with Gasteiger partial charge in [0.2, 0.25) is 0 Å². The molecule has 5 heteroatoms. The largest absolute Gasteiger partial charge is 0.424 e. The van der Waals surface area contributed by atoms with Crippen LogP contribution in [0, 0.1) is 5.41 Å². The lowest BCUT2D eigenvalue weighted by atomic mass is 9.74. The maximum absolute atomic E-state index is 10.1. The molecule has 0 atom stereocenters. The molecule has 3 aromatic rings. The van der Waals surface area contributed by atoms with Crippen molar-refractivity contribution < 1.29 is 9.84 Å². The van der Waals surface area contributed by atoms with Gasteiger partial charge in [-0.1, -0.05) is 42.5 Å². The zero-order chi connectivity index (χ0) is 19.9. The Morgan fingerprint density at radius 3 is 2.21 bits per heavy atom. The minimum Gasteiger partial charge on any atom is -0.424 e. The van der Waals surface area contributed by atoms with Gasteiger partial charge in [0.15, 0.2) is 0 Å². The van der Waals surface area contributed by atoms with Crippen molar-refractivity contribution in [1.29, 1.82) is 0 Å². The van der Waals surface area contributed by atoms with E-state index in [-0.39, 0.29) is 12.0 Å². The summed E-state index contributed by atoms with van der Waals surface area (Å²) in [5.74, 6) is 0.737. The summed E-state index contributed by atoms with van der Waals surface area (Å²) in [6.45, 7) is 3.17. The number of benzene rings is 2. The van der Waals surface area contributed by atoms with Crippen LogP contribution in [0.15, 0.2) is 73.1 Å². The van der Waals surface area contributed by atoms with Crippen molar-refractivity contribution in [1.82, 2.24) is 14.9 Å². The number of hydrogen-bond donors (Lipinski definition) is 1. The highest BCUT2D eigenvalue weighted by Gasteiger charge is 2.34. The van der Waals surface area contributed by atoms with Gasteiger partial charge in [0, 0.05) is 25.5 Å². The van der Waals surface area contributed by atoms with Crippen LogP contribution in [0.25, 0.3) is 0 Å². The van der Waals surface area contributed by atoms with Gasteiger partial charge in [-0.3, -0.25) is 4.90 Å². The first kappa shape index (κ1) is 19.6. The van der Waals surface area contributed by atoms with E-state index in [0.717, 1.165) is 44.6 Å². The van der Waals surface area contributed by atoms with Gasteiger partial charge < -0.3 is 9.84 Å². The van der Waals surface area contributed by atoms with Crippen molar-refractivity contribution in [3.63, 3.8) is 0 Å². The summed E-state index contributed by atoms with van der Waals surface area (Å²) in [6, 6.07) is 20.7. The SMILES string of the molecule is OCC1(Cc2ccccc2)CCN(Cc2ccc(Oc3ncccn3)cc2)CC1. The number of ether oxygens (including phenoxy) is 1. The molecule has 0 aliphatic carbocycles. The molecule has 2 heterocycles. The van der Waals surface area contributed by atoms with Crippen LogP contribution < -0.4 is 4.74 Å². The van der Waals surface area contributed by atoms with E-state index in [1.54, 1.807) is 18.5 Å². The predicted molar refractivity (Wildman–Crippen MR) is 113 cm³/mol. The molecule has 0 spiro atoms. The number of likely N-dealkylation sites (tertiary alicyclic amines) is 1. The lowest BCUT2D eigenvalue weighted by molar-refractivity contribution is 0.0413. The van der Waals surface area contributed by atoms with Gasteiger partial charge in [0.05, 0.1) is 0 Å². The Kier molecular flexibility index (Phi) is 6.17. The molecule has 0 saturated carbocycles. The van der Waals surface area contributed by atoms with Crippen molar-refractivity contribution in [2.45, 2.75) is 25.8 Å². The fraction of sp³-hybridized carbons (Fsp3) is 0.333. The summed E-state index contributed by atoms with van der Waals surface area (Å²) in [5.41, 5.74) is 2.57. The minimum atomic E-state index is 0.00519. The van der Waals surface area contributed by atoms with Crippen LogP contribution in [0.3, 0.4) is 0 Å². The second-order valence-electron chi connectivity index (χ2n) is 7.87. The quantitative estimate of drug-likeness (QED) is 0.660. The lowest BCUT2D eigenvalue weighted by Gasteiger charge is -2.41. The van der Waals surface area contributed by atoms with Crippen LogP contribution in [-0.4, -0.2) is 39.7 Å². The van der Waals surface area contributed by atoms with Gasteiger partial charge in [0.1, 0.15) is 5.75 Å². The molecule has 5 nitrogen and oxygen atoms in total. The van der Waals surface area contributed by atoms with E-state index in [0.29, 0.717) is 6.01 Å². The van der Waals surface area contributed by atoms with Crippen LogP contribution in [0.4, 0.5) is 0 Å². The van der Waals surface area contributed by atoms with Gasteiger partial charge in [-0.15, -0.1) is 0 Å². The summed E-state index contributed by atoms with van der Waals surface area (Å²) in [7, 11) is 0. The third-order valence-corrected chi connectivity index (χ3v) is 5.75. The highest BCUT2D eigenvalue weighted by molar-refractivity contribution is 5.29. The lowest BCUT2D eigenvalue weighted by Crippen LogP contribution is -2.42. The smallest absolute Gasteiger partial charge is 0.321 e. The highest BCUT2D eigenvalue weighted by atomic mass is 16.5. The van der Waals surface area contributed by atoms with Crippen LogP contribution in [0.5, 0.6) is 11.8 Å². The van der Waals surface area contributed by atoms with E-state index < -0.39 is 0 Å². The average Bonchev–Trinajstić information content (AvgIpc) is 2.78. The number of aliphatic hydroxyl groups excluding tert-OH is 1. The molecule has 0 bridgehead atoms. The number of aliphatic hydroxyl groups is 1. The molecule has 4 rings (SSSR count). The number of nitrogens with zero attached hydrogens (tertiary/aromatic N) is 3. The van der Waals surface area contributed by atoms with E-state index in [2.05, 4.69) is 51.3 Å². The molecule has 0 radical (unpaired) electrons. The second kappa shape index (κ2) is 9.16. The first-order valence-corrected chi connectivity index (χ1v) is 10.2. The number of piperidine rings is 1. The molecule has 29 heavy (non-hydrogen) atoms.